The lowest BCUT2D eigenvalue weighted by atomic mass is 10.1. The molecule has 2 N–H and O–H groups in total. The van der Waals surface area contributed by atoms with E-state index in [9.17, 15) is 14.0 Å². The van der Waals surface area contributed by atoms with Crippen LogP contribution in [-0.2, 0) is 17.8 Å². The minimum Gasteiger partial charge on any atom is -0.493 e. The van der Waals surface area contributed by atoms with Crippen LogP contribution in [0.4, 0.5) is 4.39 Å². The van der Waals surface area contributed by atoms with E-state index in [0.717, 1.165) is 38.4 Å². The Balaban J connectivity index is 1.23. The van der Waals surface area contributed by atoms with Crippen molar-refractivity contribution in [2.45, 2.75) is 13.0 Å². The molecule has 0 saturated carbocycles. The summed E-state index contributed by atoms with van der Waals surface area (Å²) >= 11 is 0. The van der Waals surface area contributed by atoms with E-state index >= 15 is 0 Å². The van der Waals surface area contributed by atoms with Gasteiger partial charge in [-0.3, -0.25) is 9.59 Å². The van der Waals surface area contributed by atoms with Crippen LogP contribution < -0.4 is 15.0 Å². The third-order valence-corrected chi connectivity index (χ3v) is 5.55. The second-order valence-corrected chi connectivity index (χ2v) is 7.51. The number of nitrogens with one attached hydrogen (secondary N) is 2. The van der Waals surface area contributed by atoms with Gasteiger partial charge in [0.25, 0.3) is 5.91 Å². The highest BCUT2D eigenvalue weighted by molar-refractivity contribution is 5.96. The van der Waals surface area contributed by atoms with Gasteiger partial charge < -0.3 is 19.9 Å². The summed E-state index contributed by atoms with van der Waals surface area (Å²) in [5.41, 5.74) is 2.52. The van der Waals surface area contributed by atoms with Crippen molar-refractivity contribution in [3.8, 4) is 5.75 Å². The SMILES string of the molecule is O=C(NCC(=O)N1CC[NH+](Cc2ccc3c(c2)CCO3)CC1)c1ccccc1F. The monoisotopic (exact) mass is 398 g/mol. The molecule has 1 fully saturated rings. The van der Waals surface area contributed by atoms with Gasteiger partial charge >= 0.3 is 0 Å². The Hall–Kier alpha value is -2.93. The van der Waals surface area contributed by atoms with Gasteiger partial charge in [0.1, 0.15) is 18.1 Å². The lowest BCUT2D eigenvalue weighted by Crippen LogP contribution is -3.13. The van der Waals surface area contributed by atoms with Gasteiger partial charge in [-0.15, -0.1) is 0 Å². The van der Waals surface area contributed by atoms with Crippen LogP contribution in [0.15, 0.2) is 42.5 Å². The summed E-state index contributed by atoms with van der Waals surface area (Å²) in [7, 11) is 0. The number of nitrogens with zero attached hydrogens (tertiary/aromatic N) is 1. The van der Waals surface area contributed by atoms with E-state index in [-0.39, 0.29) is 18.0 Å². The van der Waals surface area contributed by atoms with E-state index in [0.29, 0.717) is 13.1 Å². The van der Waals surface area contributed by atoms with Crippen molar-refractivity contribution in [3.05, 3.63) is 65.0 Å². The molecule has 0 bridgehead atoms. The van der Waals surface area contributed by atoms with Crippen molar-refractivity contribution in [1.29, 1.82) is 0 Å². The third kappa shape index (κ3) is 4.56. The molecule has 0 unspecified atom stereocenters. The maximum absolute atomic E-state index is 13.6. The zero-order valence-corrected chi connectivity index (χ0v) is 16.2. The number of amides is 2. The Bertz CT molecular complexity index is 910. The standard InChI is InChI=1S/C22H24FN3O3/c23-19-4-2-1-3-18(19)22(28)24-14-21(27)26-10-8-25(9-11-26)15-16-5-6-20-17(13-16)7-12-29-20/h1-6,13H,7-12,14-15H2,(H,24,28)/p+1. The first-order valence-corrected chi connectivity index (χ1v) is 9.99. The van der Waals surface area contributed by atoms with Crippen molar-refractivity contribution in [3.63, 3.8) is 0 Å². The van der Waals surface area contributed by atoms with Crippen LogP contribution in [0.2, 0.25) is 0 Å². The molecule has 0 spiro atoms. The maximum Gasteiger partial charge on any atom is 0.254 e. The summed E-state index contributed by atoms with van der Waals surface area (Å²) in [5, 5.41) is 2.52. The van der Waals surface area contributed by atoms with Crippen LogP contribution in [0.5, 0.6) is 5.75 Å². The highest BCUT2D eigenvalue weighted by Crippen LogP contribution is 2.25. The van der Waals surface area contributed by atoms with E-state index in [1.807, 2.05) is 0 Å². The fourth-order valence-corrected chi connectivity index (χ4v) is 3.90. The number of hydrogen-bond acceptors (Lipinski definition) is 3. The van der Waals surface area contributed by atoms with Gasteiger partial charge in [-0.1, -0.05) is 12.1 Å². The molecular weight excluding hydrogens is 373 g/mol. The number of hydrogen-bond donors (Lipinski definition) is 2. The van der Waals surface area contributed by atoms with Crippen LogP contribution in [0.25, 0.3) is 0 Å². The minimum atomic E-state index is -0.590. The molecule has 6 nitrogen and oxygen atoms in total. The zero-order chi connectivity index (χ0) is 20.2. The predicted molar refractivity (Wildman–Crippen MR) is 105 cm³/mol. The molecule has 2 aliphatic heterocycles. The van der Waals surface area contributed by atoms with Crippen molar-refractivity contribution in [2.75, 3.05) is 39.3 Å². The number of carbonyl (C=O) groups is 2. The number of halogens is 1. The predicted octanol–water partition coefficient (Wildman–Crippen LogP) is 0.418. The first-order chi connectivity index (χ1) is 14.1. The second-order valence-electron chi connectivity index (χ2n) is 7.51. The van der Waals surface area contributed by atoms with Gasteiger partial charge in [0.05, 0.1) is 44.9 Å². The molecule has 7 heteroatoms. The summed E-state index contributed by atoms with van der Waals surface area (Å²) in [5.74, 6) is -0.297. The van der Waals surface area contributed by atoms with E-state index in [1.54, 1.807) is 11.0 Å². The lowest BCUT2D eigenvalue weighted by molar-refractivity contribution is -0.917. The molecule has 152 valence electrons. The van der Waals surface area contributed by atoms with Gasteiger partial charge in [0.2, 0.25) is 5.91 Å². The number of quaternary nitrogens is 1. The van der Waals surface area contributed by atoms with Crippen LogP contribution in [-0.4, -0.2) is 56.0 Å². The number of piperazine rings is 1. The summed E-state index contributed by atoms with van der Waals surface area (Å²) in [6, 6.07) is 12.1. The fraction of sp³-hybridized carbons (Fsp3) is 0.364. The highest BCUT2D eigenvalue weighted by atomic mass is 19.1. The molecule has 29 heavy (non-hydrogen) atoms. The normalized spacial score (nSPS) is 16.2. The first-order valence-electron chi connectivity index (χ1n) is 9.99. The van der Waals surface area contributed by atoms with E-state index in [2.05, 4.69) is 23.5 Å². The molecule has 2 aliphatic rings. The molecule has 2 aromatic rings. The molecule has 2 heterocycles. The number of ether oxygens (including phenoxy) is 1. The highest BCUT2D eigenvalue weighted by Gasteiger charge is 2.24. The number of benzene rings is 2. The molecule has 2 amide bonds. The first kappa shape index (κ1) is 19.4. The average molecular weight is 398 g/mol. The molecule has 0 aliphatic carbocycles. The van der Waals surface area contributed by atoms with Crippen LogP contribution in [0, 0.1) is 5.82 Å². The third-order valence-electron chi connectivity index (χ3n) is 5.55. The second kappa shape index (κ2) is 8.61. The minimum absolute atomic E-state index is 0.0469. The molecule has 4 rings (SSSR count). The van der Waals surface area contributed by atoms with Crippen molar-refractivity contribution >= 4 is 11.8 Å². The average Bonchev–Trinajstić information content (AvgIpc) is 3.20. The molecule has 1 saturated heterocycles. The van der Waals surface area contributed by atoms with Gasteiger partial charge in [-0.25, -0.2) is 4.39 Å². The number of rotatable bonds is 5. The van der Waals surface area contributed by atoms with E-state index < -0.39 is 11.7 Å². The van der Waals surface area contributed by atoms with Crippen LogP contribution >= 0.6 is 0 Å². The summed E-state index contributed by atoms with van der Waals surface area (Å²) in [4.78, 5) is 27.7. The molecule has 0 atom stereocenters. The van der Waals surface area contributed by atoms with Crippen LogP contribution in [0.3, 0.4) is 0 Å². The largest absolute Gasteiger partial charge is 0.493 e. The number of fused-ring (bicyclic) bond motifs is 1. The van der Waals surface area contributed by atoms with E-state index in [1.165, 1.54) is 34.2 Å². The lowest BCUT2D eigenvalue weighted by Gasteiger charge is -2.32. The molecule has 2 aromatic carbocycles. The van der Waals surface area contributed by atoms with Crippen molar-refractivity contribution in [2.24, 2.45) is 0 Å². The Morgan fingerprint density at radius 2 is 1.93 bits per heavy atom. The fourth-order valence-electron chi connectivity index (χ4n) is 3.90. The zero-order valence-electron chi connectivity index (χ0n) is 16.2. The Morgan fingerprint density at radius 3 is 2.72 bits per heavy atom. The van der Waals surface area contributed by atoms with Gasteiger partial charge in [0, 0.05) is 12.0 Å². The van der Waals surface area contributed by atoms with Crippen molar-refractivity contribution in [1.82, 2.24) is 10.2 Å². The topological polar surface area (TPSA) is 63.1 Å². The van der Waals surface area contributed by atoms with Gasteiger partial charge in [-0.2, -0.15) is 0 Å². The van der Waals surface area contributed by atoms with Crippen molar-refractivity contribution < 1.29 is 23.6 Å². The Morgan fingerprint density at radius 1 is 1.14 bits per heavy atom. The molecule has 0 aromatic heterocycles. The molecule has 0 radical (unpaired) electrons. The molecular formula is C22H25FN3O3+. The maximum atomic E-state index is 13.6. The van der Waals surface area contributed by atoms with E-state index in [4.69, 9.17) is 4.74 Å². The summed E-state index contributed by atoms with van der Waals surface area (Å²) < 4.78 is 19.2. The van der Waals surface area contributed by atoms with Gasteiger partial charge in [0.15, 0.2) is 0 Å². The Kier molecular flexibility index (Phi) is 5.76. The van der Waals surface area contributed by atoms with Crippen LogP contribution in [0.1, 0.15) is 21.5 Å². The summed E-state index contributed by atoms with van der Waals surface area (Å²) in [6.07, 6.45) is 0.972. The summed E-state index contributed by atoms with van der Waals surface area (Å²) in [6.45, 7) is 4.60. The van der Waals surface area contributed by atoms with Gasteiger partial charge in [-0.05, 0) is 35.9 Å². The quantitative estimate of drug-likeness (QED) is 0.767. The number of carbonyl (C=O) groups excluding carboxylic acids is 2. The Labute approximate surface area is 169 Å². The smallest absolute Gasteiger partial charge is 0.254 e.